The average Bonchev–Trinajstić information content (AvgIpc) is 2.77. The molecule has 150 valence electrons. The summed E-state index contributed by atoms with van der Waals surface area (Å²) < 4.78 is 0. The van der Waals surface area contributed by atoms with E-state index in [1.165, 1.54) is 16.7 Å². The molecule has 0 amide bonds. The second-order valence-electron chi connectivity index (χ2n) is 8.38. The molecule has 0 unspecified atom stereocenters. The Hall–Kier alpha value is -2.42. The van der Waals surface area contributed by atoms with Crippen molar-refractivity contribution in [1.82, 2.24) is 5.32 Å². The lowest BCUT2D eigenvalue weighted by Crippen LogP contribution is -2.54. The molecule has 0 radical (unpaired) electrons. The van der Waals surface area contributed by atoms with Crippen LogP contribution in [0.25, 0.3) is 0 Å². The number of nitrogens with one attached hydrogen (secondary N) is 1. The minimum Gasteiger partial charge on any atom is -0.389 e. The van der Waals surface area contributed by atoms with E-state index in [-0.39, 0.29) is 18.0 Å². The summed E-state index contributed by atoms with van der Waals surface area (Å²) in [6.07, 6.45) is 3.47. The maximum Gasteiger partial charge on any atom is 0.0752 e. The molecule has 2 heteroatoms. The molecule has 4 rings (SSSR count). The molecule has 4 atom stereocenters. The second kappa shape index (κ2) is 8.94. The van der Waals surface area contributed by atoms with Gasteiger partial charge in [-0.25, -0.2) is 0 Å². The van der Waals surface area contributed by atoms with Crippen molar-refractivity contribution in [1.29, 1.82) is 0 Å². The molecule has 0 saturated carbocycles. The van der Waals surface area contributed by atoms with Crippen LogP contribution in [0.15, 0.2) is 91.0 Å². The third-order valence-electron chi connectivity index (χ3n) is 6.34. The molecule has 0 spiro atoms. The Morgan fingerprint density at radius 2 is 1.38 bits per heavy atom. The highest BCUT2D eigenvalue weighted by molar-refractivity contribution is 5.28. The van der Waals surface area contributed by atoms with E-state index in [0.29, 0.717) is 6.42 Å². The van der Waals surface area contributed by atoms with Crippen molar-refractivity contribution >= 4 is 0 Å². The van der Waals surface area contributed by atoms with Crippen LogP contribution in [0.4, 0.5) is 0 Å². The number of hydrogen-bond acceptors (Lipinski definition) is 2. The first-order valence-corrected chi connectivity index (χ1v) is 10.8. The highest BCUT2D eigenvalue weighted by Gasteiger charge is 2.47. The van der Waals surface area contributed by atoms with Crippen molar-refractivity contribution in [3.05, 3.63) is 108 Å². The molecule has 3 aromatic rings. The summed E-state index contributed by atoms with van der Waals surface area (Å²) in [7, 11) is 0. The second-order valence-corrected chi connectivity index (χ2v) is 8.38. The van der Waals surface area contributed by atoms with Gasteiger partial charge in [-0.2, -0.15) is 0 Å². The van der Waals surface area contributed by atoms with E-state index in [1.54, 1.807) is 0 Å². The minimum absolute atomic E-state index is 0.128. The topological polar surface area (TPSA) is 32.3 Å². The van der Waals surface area contributed by atoms with E-state index in [1.807, 2.05) is 6.07 Å². The molecule has 29 heavy (non-hydrogen) atoms. The van der Waals surface area contributed by atoms with Crippen LogP contribution in [0, 0.1) is 5.92 Å². The lowest BCUT2D eigenvalue weighted by Gasteiger charge is -2.49. The molecule has 1 heterocycles. The molecule has 2 N–H and O–H groups in total. The summed E-state index contributed by atoms with van der Waals surface area (Å²) in [6, 6.07) is 31.9. The molecule has 0 bridgehead atoms. The van der Waals surface area contributed by atoms with Gasteiger partial charge in [0.25, 0.3) is 0 Å². The van der Waals surface area contributed by atoms with Gasteiger partial charge in [0, 0.05) is 24.4 Å². The van der Waals surface area contributed by atoms with E-state index < -0.39 is 5.60 Å². The Kier molecular flexibility index (Phi) is 6.13. The van der Waals surface area contributed by atoms with Crippen LogP contribution >= 0.6 is 0 Å². The summed E-state index contributed by atoms with van der Waals surface area (Å²) in [5, 5.41) is 16.0. The lowest BCUT2D eigenvalue weighted by molar-refractivity contribution is -0.0780. The molecule has 1 fully saturated rings. The monoisotopic (exact) mass is 385 g/mol. The third-order valence-corrected chi connectivity index (χ3v) is 6.34. The van der Waals surface area contributed by atoms with Gasteiger partial charge in [0.2, 0.25) is 0 Å². The van der Waals surface area contributed by atoms with Gasteiger partial charge in [-0.3, -0.25) is 0 Å². The lowest BCUT2D eigenvalue weighted by atomic mass is 9.67. The number of hydrogen-bond donors (Lipinski definition) is 2. The van der Waals surface area contributed by atoms with E-state index in [4.69, 9.17) is 0 Å². The summed E-state index contributed by atoms with van der Waals surface area (Å²) in [5.41, 5.74) is 2.95. The molecule has 2 nitrogen and oxygen atoms in total. The SMILES string of the molecule is CCC[C@@H]1[C@@H](c2ccccc2)N[C@H](c2ccccc2)C[C@]1(O)Cc1ccccc1. The quantitative estimate of drug-likeness (QED) is 0.558. The normalized spacial score (nSPS) is 26.9. The fourth-order valence-electron chi connectivity index (χ4n) is 4.99. The fourth-order valence-corrected chi connectivity index (χ4v) is 4.99. The van der Waals surface area contributed by atoms with Gasteiger partial charge >= 0.3 is 0 Å². The first-order valence-electron chi connectivity index (χ1n) is 10.8. The van der Waals surface area contributed by atoms with Crippen LogP contribution in [0.1, 0.15) is 55.0 Å². The Labute approximate surface area is 174 Å². The van der Waals surface area contributed by atoms with Crippen LogP contribution < -0.4 is 5.32 Å². The van der Waals surface area contributed by atoms with Crippen molar-refractivity contribution < 1.29 is 5.11 Å². The fraction of sp³-hybridized carbons (Fsp3) is 0.333. The molecular formula is C27H31NO. The highest BCUT2D eigenvalue weighted by Crippen LogP contribution is 2.46. The Morgan fingerprint density at radius 1 is 0.828 bits per heavy atom. The van der Waals surface area contributed by atoms with Gasteiger partial charge in [0.05, 0.1) is 5.60 Å². The Bertz CT molecular complexity index is 880. The van der Waals surface area contributed by atoms with Crippen molar-refractivity contribution in [2.75, 3.05) is 0 Å². The molecule has 0 aliphatic carbocycles. The van der Waals surface area contributed by atoms with E-state index in [9.17, 15) is 5.11 Å². The van der Waals surface area contributed by atoms with Gasteiger partial charge in [-0.15, -0.1) is 0 Å². The van der Waals surface area contributed by atoms with Crippen molar-refractivity contribution in [3.63, 3.8) is 0 Å². The van der Waals surface area contributed by atoms with Crippen LogP contribution in [-0.2, 0) is 6.42 Å². The van der Waals surface area contributed by atoms with Crippen LogP contribution in [0.3, 0.4) is 0 Å². The van der Waals surface area contributed by atoms with Crippen LogP contribution in [0.2, 0.25) is 0 Å². The van der Waals surface area contributed by atoms with Gasteiger partial charge in [-0.1, -0.05) is 104 Å². The average molecular weight is 386 g/mol. The minimum atomic E-state index is -0.760. The molecule has 1 aliphatic heterocycles. The molecule has 1 aliphatic rings. The highest BCUT2D eigenvalue weighted by atomic mass is 16.3. The zero-order valence-corrected chi connectivity index (χ0v) is 17.2. The molecule has 0 aromatic heterocycles. The van der Waals surface area contributed by atoms with Gasteiger partial charge < -0.3 is 10.4 Å². The smallest absolute Gasteiger partial charge is 0.0752 e. The maximum atomic E-state index is 12.1. The zero-order chi connectivity index (χ0) is 20.1. The molecule has 1 saturated heterocycles. The first kappa shape index (κ1) is 19.9. The Morgan fingerprint density at radius 3 is 1.97 bits per heavy atom. The first-order chi connectivity index (χ1) is 14.2. The number of piperidine rings is 1. The number of aliphatic hydroxyl groups is 1. The van der Waals surface area contributed by atoms with Gasteiger partial charge in [-0.05, 0) is 29.5 Å². The maximum absolute atomic E-state index is 12.1. The standard InChI is InChI=1S/C27H31NO/c1-2-12-24-26(23-17-10-5-11-18-23)28-25(22-15-8-4-9-16-22)20-27(24,29)19-21-13-6-3-7-14-21/h3-11,13-18,24-26,28-29H,2,12,19-20H2,1H3/t24-,25+,26-,27-/m1/s1. The van der Waals surface area contributed by atoms with E-state index >= 15 is 0 Å². The summed E-state index contributed by atoms with van der Waals surface area (Å²) in [6.45, 7) is 2.22. The van der Waals surface area contributed by atoms with Crippen molar-refractivity contribution in [2.45, 2.75) is 50.3 Å². The number of benzene rings is 3. The molecular weight excluding hydrogens is 354 g/mol. The zero-order valence-electron chi connectivity index (χ0n) is 17.2. The predicted molar refractivity (Wildman–Crippen MR) is 120 cm³/mol. The van der Waals surface area contributed by atoms with Crippen molar-refractivity contribution in [3.8, 4) is 0 Å². The summed E-state index contributed by atoms with van der Waals surface area (Å²) in [4.78, 5) is 0. The van der Waals surface area contributed by atoms with Crippen LogP contribution in [-0.4, -0.2) is 10.7 Å². The van der Waals surface area contributed by atoms with Gasteiger partial charge in [0.15, 0.2) is 0 Å². The number of rotatable bonds is 6. The molecule has 3 aromatic carbocycles. The Balaban J connectivity index is 1.75. The van der Waals surface area contributed by atoms with E-state index in [0.717, 1.165) is 19.3 Å². The summed E-state index contributed by atoms with van der Waals surface area (Å²) >= 11 is 0. The van der Waals surface area contributed by atoms with E-state index in [2.05, 4.69) is 97.2 Å². The third kappa shape index (κ3) is 4.44. The van der Waals surface area contributed by atoms with Gasteiger partial charge in [0.1, 0.15) is 0 Å². The van der Waals surface area contributed by atoms with Crippen LogP contribution in [0.5, 0.6) is 0 Å². The van der Waals surface area contributed by atoms with Crippen molar-refractivity contribution in [2.24, 2.45) is 5.92 Å². The summed E-state index contributed by atoms with van der Waals surface area (Å²) in [5.74, 6) is 0.162. The largest absolute Gasteiger partial charge is 0.389 e. The predicted octanol–water partition coefficient (Wildman–Crippen LogP) is 5.85.